The first-order valence-electron chi connectivity index (χ1n) is 17.1. The van der Waals surface area contributed by atoms with E-state index in [1.165, 1.54) is 16.5 Å². The van der Waals surface area contributed by atoms with E-state index in [1.807, 2.05) is 36.4 Å². The van der Waals surface area contributed by atoms with Gasteiger partial charge in [0.1, 0.15) is 11.2 Å². The monoisotopic (exact) mass is 651 g/mol. The molecule has 2 heterocycles. The molecule has 8 aromatic carbocycles. The van der Waals surface area contributed by atoms with Crippen LogP contribution in [0.2, 0.25) is 0 Å². The van der Waals surface area contributed by atoms with Gasteiger partial charge in [-0.2, -0.15) is 0 Å². The van der Waals surface area contributed by atoms with E-state index in [4.69, 9.17) is 19.4 Å². The molecule has 10 rings (SSSR count). The number of hydrogen-bond acceptors (Lipinski definition) is 4. The van der Waals surface area contributed by atoms with Crippen molar-refractivity contribution in [1.29, 1.82) is 0 Å². The highest BCUT2D eigenvalue weighted by Gasteiger charge is 2.19. The number of rotatable bonds is 5. The molecule has 238 valence electrons. The lowest BCUT2D eigenvalue weighted by atomic mass is 9.97. The Hall–Kier alpha value is -6.91. The predicted molar refractivity (Wildman–Crippen MR) is 209 cm³/mol. The SMILES string of the molecule is c1ccc(-c2cccc(-c3ccc(-c4nc(-c5cccc6c5oc5ccccc56)nc(-c5cccc6ccc7ccccc7c56)n4)cc3)c2)cc1. The van der Waals surface area contributed by atoms with Gasteiger partial charge in [0.15, 0.2) is 17.5 Å². The van der Waals surface area contributed by atoms with Crippen LogP contribution in [-0.2, 0) is 0 Å². The van der Waals surface area contributed by atoms with E-state index in [2.05, 4.69) is 140 Å². The molecule has 10 aromatic rings. The molecule has 4 nitrogen and oxygen atoms in total. The number of fused-ring (bicyclic) bond motifs is 6. The van der Waals surface area contributed by atoms with Crippen LogP contribution < -0.4 is 0 Å². The normalized spacial score (nSPS) is 11.5. The van der Waals surface area contributed by atoms with E-state index < -0.39 is 0 Å². The Morgan fingerprint density at radius 2 is 0.882 bits per heavy atom. The standard InChI is InChI=1S/C47H29N3O/c1-2-11-30(12-3-1)35-15-8-16-36(29-35)31-23-27-34(28-24-31)45-48-46(40-20-9-14-33-26-25-32-13-4-5-17-37(32)43(33)40)50-47(49-45)41-21-10-19-39-38-18-6-7-22-42(38)51-44(39)41/h1-29H. The molecule has 4 heteroatoms. The summed E-state index contributed by atoms with van der Waals surface area (Å²) in [6.07, 6.45) is 0. The van der Waals surface area contributed by atoms with Crippen molar-refractivity contribution >= 4 is 43.5 Å². The maximum absolute atomic E-state index is 6.46. The highest BCUT2D eigenvalue weighted by atomic mass is 16.3. The molecule has 0 radical (unpaired) electrons. The number of para-hydroxylation sites is 2. The van der Waals surface area contributed by atoms with Gasteiger partial charge in [-0.15, -0.1) is 0 Å². The lowest BCUT2D eigenvalue weighted by Gasteiger charge is -2.12. The van der Waals surface area contributed by atoms with Gasteiger partial charge in [-0.1, -0.05) is 158 Å². The van der Waals surface area contributed by atoms with Crippen LogP contribution in [0.1, 0.15) is 0 Å². The van der Waals surface area contributed by atoms with Crippen LogP contribution in [0.15, 0.2) is 180 Å². The highest BCUT2D eigenvalue weighted by Crippen LogP contribution is 2.38. The summed E-state index contributed by atoms with van der Waals surface area (Å²) in [6.45, 7) is 0. The van der Waals surface area contributed by atoms with Crippen LogP contribution in [0.5, 0.6) is 0 Å². The maximum atomic E-state index is 6.46. The summed E-state index contributed by atoms with van der Waals surface area (Å²) in [4.78, 5) is 15.5. The fourth-order valence-electron chi connectivity index (χ4n) is 7.24. The van der Waals surface area contributed by atoms with Gasteiger partial charge in [-0.25, -0.2) is 15.0 Å². The maximum Gasteiger partial charge on any atom is 0.167 e. The number of aromatic nitrogens is 3. The first-order chi connectivity index (χ1) is 25.3. The molecule has 0 saturated carbocycles. The Morgan fingerprint density at radius 3 is 1.73 bits per heavy atom. The zero-order valence-corrected chi connectivity index (χ0v) is 27.5. The molecule has 2 aromatic heterocycles. The average molecular weight is 652 g/mol. The van der Waals surface area contributed by atoms with E-state index in [-0.39, 0.29) is 0 Å². The number of benzene rings is 8. The van der Waals surface area contributed by atoms with Crippen molar-refractivity contribution in [2.75, 3.05) is 0 Å². The smallest absolute Gasteiger partial charge is 0.167 e. The zero-order chi connectivity index (χ0) is 33.7. The molecule has 0 N–H and O–H groups in total. The van der Waals surface area contributed by atoms with Gasteiger partial charge in [-0.05, 0) is 56.6 Å². The average Bonchev–Trinajstić information content (AvgIpc) is 3.60. The zero-order valence-electron chi connectivity index (χ0n) is 27.5. The Kier molecular flexibility index (Phi) is 6.78. The molecule has 0 aliphatic rings. The van der Waals surface area contributed by atoms with Gasteiger partial charge in [0, 0.05) is 27.3 Å². The van der Waals surface area contributed by atoms with Crippen molar-refractivity contribution in [2.24, 2.45) is 0 Å². The molecule has 0 atom stereocenters. The fraction of sp³-hybridized carbons (Fsp3) is 0. The van der Waals surface area contributed by atoms with Crippen molar-refractivity contribution in [3.8, 4) is 56.4 Å². The lowest BCUT2D eigenvalue weighted by molar-refractivity contribution is 0.669. The molecule has 0 amide bonds. The number of hydrogen-bond donors (Lipinski definition) is 0. The minimum Gasteiger partial charge on any atom is -0.455 e. The minimum absolute atomic E-state index is 0.566. The summed E-state index contributed by atoms with van der Waals surface area (Å²) in [7, 11) is 0. The quantitative estimate of drug-likeness (QED) is 0.174. The molecule has 0 spiro atoms. The van der Waals surface area contributed by atoms with E-state index in [1.54, 1.807) is 0 Å². The third kappa shape index (κ3) is 5.04. The molecule has 51 heavy (non-hydrogen) atoms. The van der Waals surface area contributed by atoms with E-state index in [0.717, 1.165) is 65.9 Å². The summed E-state index contributed by atoms with van der Waals surface area (Å²) < 4.78 is 6.46. The fourth-order valence-corrected chi connectivity index (χ4v) is 7.24. The molecule has 0 bridgehead atoms. The van der Waals surface area contributed by atoms with Crippen LogP contribution in [0.25, 0.3) is 99.9 Å². The lowest BCUT2D eigenvalue weighted by Crippen LogP contribution is -2.01. The first-order valence-corrected chi connectivity index (χ1v) is 17.1. The third-order valence-electron chi connectivity index (χ3n) is 9.74. The van der Waals surface area contributed by atoms with E-state index in [0.29, 0.717) is 17.5 Å². The molecular formula is C47H29N3O. The van der Waals surface area contributed by atoms with Crippen molar-refractivity contribution in [1.82, 2.24) is 15.0 Å². The Morgan fingerprint density at radius 1 is 0.333 bits per heavy atom. The van der Waals surface area contributed by atoms with Gasteiger partial charge in [0.05, 0.1) is 5.56 Å². The van der Waals surface area contributed by atoms with Crippen LogP contribution in [0, 0.1) is 0 Å². The summed E-state index contributed by atoms with van der Waals surface area (Å²) in [5.74, 6) is 1.78. The molecule has 0 fully saturated rings. The molecule has 0 saturated heterocycles. The molecule has 0 unspecified atom stereocenters. The topological polar surface area (TPSA) is 51.8 Å². The van der Waals surface area contributed by atoms with Crippen LogP contribution in [-0.4, -0.2) is 15.0 Å². The van der Waals surface area contributed by atoms with Crippen molar-refractivity contribution in [3.05, 3.63) is 176 Å². The van der Waals surface area contributed by atoms with Crippen molar-refractivity contribution in [2.45, 2.75) is 0 Å². The van der Waals surface area contributed by atoms with Crippen LogP contribution in [0.4, 0.5) is 0 Å². The predicted octanol–water partition coefficient (Wildman–Crippen LogP) is 12.4. The van der Waals surface area contributed by atoms with Gasteiger partial charge >= 0.3 is 0 Å². The third-order valence-corrected chi connectivity index (χ3v) is 9.74. The Labute approximate surface area is 294 Å². The van der Waals surface area contributed by atoms with Gasteiger partial charge in [0.25, 0.3) is 0 Å². The van der Waals surface area contributed by atoms with E-state index >= 15 is 0 Å². The van der Waals surface area contributed by atoms with Gasteiger partial charge < -0.3 is 4.42 Å². The van der Waals surface area contributed by atoms with E-state index in [9.17, 15) is 0 Å². The summed E-state index contributed by atoms with van der Waals surface area (Å²) in [5.41, 5.74) is 8.95. The molecule has 0 aliphatic heterocycles. The Bertz CT molecular complexity index is 2910. The highest BCUT2D eigenvalue weighted by molar-refractivity contribution is 6.14. The second kappa shape index (κ2) is 11.9. The Balaban J connectivity index is 1.16. The minimum atomic E-state index is 0.566. The summed E-state index contributed by atoms with van der Waals surface area (Å²) in [5, 5.41) is 6.69. The largest absolute Gasteiger partial charge is 0.455 e. The molecule has 0 aliphatic carbocycles. The van der Waals surface area contributed by atoms with Crippen molar-refractivity contribution in [3.63, 3.8) is 0 Å². The van der Waals surface area contributed by atoms with Crippen LogP contribution >= 0.6 is 0 Å². The van der Waals surface area contributed by atoms with Gasteiger partial charge in [-0.3, -0.25) is 0 Å². The van der Waals surface area contributed by atoms with Crippen LogP contribution in [0.3, 0.4) is 0 Å². The summed E-state index contributed by atoms with van der Waals surface area (Å²) in [6, 6.07) is 61.1. The molecular weight excluding hydrogens is 623 g/mol. The second-order valence-corrected chi connectivity index (χ2v) is 12.8. The number of furan rings is 1. The second-order valence-electron chi connectivity index (χ2n) is 12.8. The van der Waals surface area contributed by atoms with Gasteiger partial charge in [0.2, 0.25) is 0 Å². The number of nitrogens with zero attached hydrogens (tertiary/aromatic N) is 3. The first kappa shape index (κ1) is 29.0. The summed E-state index contributed by atoms with van der Waals surface area (Å²) >= 11 is 0. The van der Waals surface area contributed by atoms with Crippen molar-refractivity contribution < 1.29 is 4.42 Å².